The molecule has 36 heavy (non-hydrogen) atoms. The number of nitrogens with zero attached hydrogens (tertiary/aromatic N) is 5. The molecule has 0 saturated carbocycles. The minimum atomic E-state index is -1.76. The molecule has 3 rings (SSSR count). The summed E-state index contributed by atoms with van der Waals surface area (Å²) < 4.78 is 5.18. The summed E-state index contributed by atoms with van der Waals surface area (Å²) in [5, 5.41) is 30.1. The number of thiazole rings is 1. The van der Waals surface area contributed by atoms with Crippen LogP contribution in [0.3, 0.4) is 0 Å². The summed E-state index contributed by atoms with van der Waals surface area (Å²) in [4.78, 5) is 59.3. The lowest BCUT2D eigenvalue weighted by Gasteiger charge is -2.36. The summed E-state index contributed by atoms with van der Waals surface area (Å²) in [7, 11) is 0. The van der Waals surface area contributed by atoms with Crippen molar-refractivity contribution in [1.82, 2.24) is 30.6 Å². The lowest BCUT2D eigenvalue weighted by molar-refractivity contribution is -0.161. The Morgan fingerprint density at radius 3 is 2.47 bits per heavy atom. The molecule has 3 amide bonds. The first-order chi connectivity index (χ1) is 16.7. The Kier molecular flexibility index (Phi) is 7.57. The Labute approximate surface area is 209 Å². The lowest BCUT2D eigenvalue weighted by Crippen LogP contribution is -2.70. The Hall–Kier alpha value is -4.08. The van der Waals surface area contributed by atoms with Crippen LogP contribution in [0.5, 0.6) is 0 Å². The van der Waals surface area contributed by atoms with E-state index in [1.165, 1.54) is 36.4 Å². The standard InChI is InChI=1S/C20H26N8O7S/c1-19(2,3)34-18(33)26-17-24-11(9-36-17)13(27-35-20(4,5)16(31)32)15(30)25-12-10(23-14(12)29)8-28-21-6-7-22-28/h6-7,9-10,12H,8H2,1-5H3,(H,23,29)(H,25,30)(H,31,32)(H,24,26,33)/b27-13-/t10-,12+/m1/s1. The normalized spacial score (nSPS) is 18.0. The fourth-order valence-electron chi connectivity index (χ4n) is 2.72. The van der Waals surface area contributed by atoms with Gasteiger partial charge in [0.2, 0.25) is 11.5 Å². The van der Waals surface area contributed by atoms with Crippen molar-refractivity contribution in [1.29, 1.82) is 0 Å². The van der Waals surface area contributed by atoms with Gasteiger partial charge in [-0.2, -0.15) is 15.0 Å². The SMILES string of the molecule is CC(C)(C)OC(=O)Nc1nc(/C(=N/OC(C)(C)C(=O)O)C(=O)N[C@@H]2C(=O)N[C@@H]2Cn2nccn2)cs1. The lowest BCUT2D eigenvalue weighted by atomic mass is 9.98. The summed E-state index contributed by atoms with van der Waals surface area (Å²) in [6.45, 7) is 7.79. The van der Waals surface area contributed by atoms with Crippen LogP contribution in [0, 0.1) is 0 Å². The van der Waals surface area contributed by atoms with Gasteiger partial charge in [-0.15, -0.1) is 11.3 Å². The van der Waals surface area contributed by atoms with Crippen LogP contribution >= 0.6 is 11.3 Å². The van der Waals surface area contributed by atoms with Crippen molar-refractivity contribution in [3.63, 3.8) is 0 Å². The number of β-lactam (4-membered cyclic amide) rings is 1. The number of amides is 3. The van der Waals surface area contributed by atoms with Crippen molar-refractivity contribution in [2.45, 2.75) is 64.4 Å². The second-order valence-electron chi connectivity index (χ2n) is 9.16. The van der Waals surface area contributed by atoms with E-state index in [0.717, 1.165) is 11.3 Å². The predicted octanol–water partition coefficient (Wildman–Crippen LogP) is 0.349. The van der Waals surface area contributed by atoms with Crippen LogP contribution in [0.2, 0.25) is 0 Å². The molecule has 2 aromatic heterocycles. The summed E-state index contributed by atoms with van der Waals surface area (Å²) in [6.07, 6.45) is 2.20. The van der Waals surface area contributed by atoms with Gasteiger partial charge in [0.05, 0.1) is 25.0 Å². The molecule has 2 atom stereocenters. The van der Waals surface area contributed by atoms with Gasteiger partial charge in [0, 0.05) is 5.38 Å². The molecule has 1 saturated heterocycles. The fourth-order valence-corrected chi connectivity index (χ4v) is 3.40. The highest BCUT2D eigenvalue weighted by molar-refractivity contribution is 7.14. The average molecular weight is 523 g/mol. The number of hydrogen-bond donors (Lipinski definition) is 4. The maximum Gasteiger partial charge on any atom is 0.413 e. The zero-order valence-corrected chi connectivity index (χ0v) is 21.0. The molecular weight excluding hydrogens is 496 g/mol. The van der Waals surface area contributed by atoms with E-state index < -0.39 is 52.9 Å². The van der Waals surface area contributed by atoms with Crippen LogP contribution in [-0.2, 0) is 30.5 Å². The van der Waals surface area contributed by atoms with Crippen LogP contribution in [-0.4, -0.2) is 78.0 Å². The Balaban J connectivity index is 1.79. The van der Waals surface area contributed by atoms with Crippen molar-refractivity contribution >= 4 is 46.1 Å². The van der Waals surface area contributed by atoms with Crippen molar-refractivity contribution in [2.24, 2.45) is 5.16 Å². The molecule has 0 unspecified atom stereocenters. The first-order valence-electron chi connectivity index (χ1n) is 10.7. The molecule has 3 heterocycles. The third-order valence-electron chi connectivity index (χ3n) is 4.58. The van der Waals surface area contributed by atoms with Gasteiger partial charge < -0.3 is 25.3 Å². The summed E-state index contributed by atoms with van der Waals surface area (Å²) in [5.41, 5.74) is -2.91. The second kappa shape index (κ2) is 10.3. The molecule has 15 nitrogen and oxygen atoms in total. The zero-order valence-electron chi connectivity index (χ0n) is 20.1. The van der Waals surface area contributed by atoms with Crippen molar-refractivity contribution in [3.05, 3.63) is 23.5 Å². The molecule has 1 aliphatic heterocycles. The zero-order chi connectivity index (χ0) is 26.7. The monoisotopic (exact) mass is 522 g/mol. The van der Waals surface area contributed by atoms with Crippen molar-refractivity contribution in [3.8, 4) is 0 Å². The van der Waals surface area contributed by atoms with E-state index in [0.29, 0.717) is 0 Å². The molecule has 194 valence electrons. The number of carboxylic acids is 1. The third kappa shape index (κ3) is 6.74. The summed E-state index contributed by atoms with van der Waals surface area (Å²) in [5.74, 6) is -2.59. The van der Waals surface area contributed by atoms with Gasteiger partial charge in [-0.25, -0.2) is 14.6 Å². The molecule has 0 bridgehead atoms. The molecule has 2 aromatic rings. The molecule has 1 aliphatic rings. The number of oxime groups is 1. The third-order valence-corrected chi connectivity index (χ3v) is 5.33. The van der Waals surface area contributed by atoms with E-state index in [4.69, 9.17) is 9.57 Å². The van der Waals surface area contributed by atoms with Gasteiger partial charge in [0.15, 0.2) is 10.8 Å². The Morgan fingerprint density at radius 1 is 1.22 bits per heavy atom. The highest BCUT2D eigenvalue weighted by Crippen LogP contribution is 2.20. The smallest absolute Gasteiger partial charge is 0.413 e. The molecule has 0 spiro atoms. The number of carbonyl (C=O) groups is 4. The van der Waals surface area contributed by atoms with Gasteiger partial charge in [0.1, 0.15) is 17.3 Å². The van der Waals surface area contributed by atoms with Gasteiger partial charge in [-0.1, -0.05) is 5.16 Å². The minimum absolute atomic E-state index is 0.0187. The first-order valence-corrected chi connectivity index (χ1v) is 11.5. The van der Waals surface area contributed by atoms with Crippen molar-refractivity contribution < 1.29 is 33.9 Å². The number of aromatic nitrogens is 4. The number of hydrogen-bond acceptors (Lipinski definition) is 11. The molecule has 4 N–H and O–H groups in total. The van der Waals surface area contributed by atoms with Gasteiger partial charge in [-0.3, -0.25) is 14.9 Å². The summed E-state index contributed by atoms with van der Waals surface area (Å²) >= 11 is 0.977. The van der Waals surface area contributed by atoms with E-state index in [1.54, 1.807) is 20.8 Å². The van der Waals surface area contributed by atoms with E-state index in [2.05, 4.69) is 36.3 Å². The number of ether oxygens (including phenoxy) is 1. The second-order valence-corrected chi connectivity index (χ2v) is 10.0. The Morgan fingerprint density at radius 2 is 1.89 bits per heavy atom. The molecular formula is C20H26N8O7S. The molecule has 1 fully saturated rings. The van der Waals surface area contributed by atoms with Gasteiger partial charge in [-0.05, 0) is 34.6 Å². The van der Waals surface area contributed by atoms with Crippen LogP contribution < -0.4 is 16.0 Å². The van der Waals surface area contributed by atoms with Crippen LogP contribution in [0.25, 0.3) is 0 Å². The number of rotatable bonds is 9. The topological polar surface area (TPSA) is 199 Å². The number of carbonyl (C=O) groups excluding carboxylic acids is 3. The largest absolute Gasteiger partial charge is 0.478 e. The van der Waals surface area contributed by atoms with Crippen molar-refractivity contribution in [2.75, 3.05) is 5.32 Å². The number of anilines is 1. The number of aliphatic carboxylic acids is 1. The fraction of sp³-hybridized carbons (Fsp3) is 0.500. The van der Waals surface area contributed by atoms with Crippen LogP contribution in [0.1, 0.15) is 40.3 Å². The molecule has 16 heteroatoms. The maximum atomic E-state index is 13.1. The molecule has 0 aromatic carbocycles. The van der Waals surface area contributed by atoms with E-state index in [-0.39, 0.29) is 17.4 Å². The van der Waals surface area contributed by atoms with Gasteiger partial charge in [0.25, 0.3) is 5.91 Å². The van der Waals surface area contributed by atoms with E-state index in [9.17, 15) is 24.3 Å². The number of nitrogens with one attached hydrogen (secondary N) is 3. The summed E-state index contributed by atoms with van der Waals surface area (Å²) in [6, 6.07) is -1.43. The molecule has 0 aliphatic carbocycles. The van der Waals surface area contributed by atoms with Crippen LogP contribution in [0.4, 0.5) is 9.93 Å². The highest BCUT2D eigenvalue weighted by atomic mass is 32.1. The predicted molar refractivity (Wildman–Crippen MR) is 125 cm³/mol. The Bertz CT molecular complexity index is 1170. The average Bonchev–Trinajstić information content (AvgIpc) is 3.43. The molecule has 0 radical (unpaired) electrons. The maximum absolute atomic E-state index is 13.1. The highest BCUT2D eigenvalue weighted by Gasteiger charge is 2.42. The van der Waals surface area contributed by atoms with Crippen LogP contribution in [0.15, 0.2) is 22.9 Å². The number of carboxylic acid groups (broad SMARTS) is 1. The quantitative estimate of drug-likeness (QED) is 0.202. The van der Waals surface area contributed by atoms with Gasteiger partial charge >= 0.3 is 12.1 Å². The van der Waals surface area contributed by atoms with E-state index >= 15 is 0 Å². The minimum Gasteiger partial charge on any atom is -0.478 e. The first kappa shape index (κ1) is 26.5. The van der Waals surface area contributed by atoms with E-state index in [1.807, 2.05) is 0 Å².